The van der Waals surface area contributed by atoms with Gasteiger partial charge in [-0.2, -0.15) is 0 Å². The van der Waals surface area contributed by atoms with Crippen molar-refractivity contribution in [3.63, 3.8) is 0 Å². The zero-order valence-electron chi connectivity index (χ0n) is 15.0. The van der Waals surface area contributed by atoms with E-state index in [4.69, 9.17) is 9.47 Å². The van der Waals surface area contributed by atoms with E-state index in [1.807, 2.05) is 18.0 Å². The summed E-state index contributed by atoms with van der Waals surface area (Å²) in [7, 11) is 5.15. The Kier molecular flexibility index (Phi) is 9.81. The van der Waals surface area contributed by atoms with Crippen molar-refractivity contribution < 1.29 is 13.9 Å². The van der Waals surface area contributed by atoms with E-state index in [0.717, 1.165) is 37.5 Å². The summed E-state index contributed by atoms with van der Waals surface area (Å²) in [5.74, 6) is 0.699. The highest BCUT2D eigenvalue weighted by molar-refractivity contribution is 14.0. The average molecular weight is 463 g/mol. The van der Waals surface area contributed by atoms with Crippen LogP contribution >= 0.6 is 24.0 Å². The van der Waals surface area contributed by atoms with Crippen molar-refractivity contribution in [1.29, 1.82) is 0 Å². The summed E-state index contributed by atoms with van der Waals surface area (Å²) in [6.07, 6.45) is 4.13. The van der Waals surface area contributed by atoms with E-state index in [2.05, 4.69) is 16.4 Å². The first kappa shape index (κ1) is 21.7. The van der Waals surface area contributed by atoms with Gasteiger partial charge >= 0.3 is 0 Å². The third kappa shape index (κ3) is 6.81. The highest BCUT2D eigenvalue weighted by atomic mass is 127. The van der Waals surface area contributed by atoms with E-state index in [-0.39, 0.29) is 35.5 Å². The Bertz CT molecular complexity index is 608. The summed E-state index contributed by atoms with van der Waals surface area (Å²) in [6, 6.07) is 5.00. The highest BCUT2D eigenvalue weighted by Crippen LogP contribution is 2.18. The molecule has 0 spiro atoms. The van der Waals surface area contributed by atoms with Gasteiger partial charge in [0, 0.05) is 27.2 Å². The molecule has 0 radical (unpaired) electrons. The second-order valence-electron chi connectivity index (χ2n) is 5.74. The van der Waals surface area contributed by atoms with Gasteiger partial charge in [-0.15, -0.1) is 24.0 Å². The zero-order chi connectivity index (χ0) is 17.4. The van der Waals surface area contributed by atoms with Gasteiger partial charge in [-0.05, 0) is 30.5 Å². The van der Waals surface area contributed by atoms with Crippen molar-refractivity contribution in [2.24, 2.45) is 4.99 Å². The molecule has 1 heterocycles. The molecule has 1 aliphatic rings. The van der Waals surface area contributed by atoms with Gasteiger partial charge in [-0.1, -0.05) is 17.7 Å². The number of hydrogen-bond donors (Lipinski definition) is 1. The van der Waals surface area contributed by atoms with Gasteiger partial charge in [0.25, 0.3) is 0 Å². The van der Waals surface area contributed by atoms with E-state index < -0.39 is 0 Å². The predicted octanol–water partition coefficient (Wildman–Crippen LogP) is 3.20. The molecule has 1 aromatic carbocycles. The maximum absolute atomic E-state index is 13.8. The van der Waals surface area contributed by atoms with Crippen LogP contribution in [-0.2, 0) is 11.3 Å². The highest BCUT2D eigenvalue weighted by Gasteiger charge is 2.10. The maximum Gasteiger partial charge on any atom is 0.193 e. The van der Waals surface area contributed by atoms with Gasteiger partial charge in [0.2, 0.25) is 0 Å². The van der Waals surface area contributed by atoms with Crippen LogP contribution in [0.4, 0.5) is 4.39 Å². The number of nitrogens with one attached hydrogen (secondary N) is 1. The number of guanidine groups is 1. The molecule has 0 saturated heterocycles. The van der Waals surface area contributed by atoms with Crippen LogP contribution < -0.4 is 10.1 Å². The second-order valence-corrected chi connectivity index (χ2v) is 5.74. The number of aliphatic imine (C=N–C) groups is 1. The number of benzene rings is 1. The molecule has 1 aromatic rings. The molecule has 1 aliphatic heterocycles. The van der Waals surface area contributed by atoms with Crippen LogP contribution in [0.3, 0.4) is 0 Å². The third-order valence-corrected chi connectivity index (χ3v) is 4.00. The molecule has 0 aliphatic carbocycles. The minimum absolute atomic E-state index is 0. The Morgan fingerprint density at radius 2 is 2.24 bits per heavy atom. The van der Waals surface area contributed by atoms with Gasteiger partial charge in [0.1, 0.15) is 0 Å². The Morgan fingerprint density at radius 1 is 1.44 bits per heavy atom. The van der Waals surface area contributed by atoms with Gasteiger partial charge < -0.3 is 19.7 Å². The summed E-state index contributed by atoms with van der Waals surface area (Å²) in [4.78, 5) is 6.26. The molecule has 25 heavy (non-hydrogen) atoms. The summed E-state index contributed by atoms with van der Waals surface area (Å²) in [6.45, 7) is 2.91. The summed E-state index contributed by atoms with van der Waals surface area (Å²) in [5.41, 5.74) is 2.29. The number of hydrogen-bond acceptors (Lipinski definition) is 3. The van der Waals surface area contributed by atoms with Crippen molar-refractivity contribution in [1.82, 2.24) is 10.2 Å². The summed E-state index contributed by atoms with van der Waals surface area (Å²) >= 11 is 0. The van der Waals surface area contributed by atoms with Crippen LogP contribution in [-0.4, -0.2) is 51.8 Å². The molecule has 0 amide bonds. The van der Waals surface area contributed by atoms with Crippen LogP contribution in [0.1, 0.15) is 18.4 Å². The first-order valence-electron chi connectivity index (χ1n) is 8.14. The molecular weight excluding hydrogens is 436 g/mol. The summed E-state index contributed by atoms with van der Waals surface area (Å²) in [5, 5.41) is 3.35. The standard InChI is InChI=1S/C18H26FN3O2.HI/c1-20-18(21-9-6-14-7-10-24-11-8-14)22(2)13-15-4-5-17(23-3)16(19)12-15;/h4-5,7,12H,6,8-11,13H2,1-3H3,(H,20,21);1H. The van der Waals surface area contributed by atoms with Crippen molar-refractivity contribution in [3.8, 4) is 5.75 Å². The number of rotatable bonds is 6. The average Bonchev–Trinajstić information content (AvgIpc) is 2.59. The van der Waals surface area contributed by atoms with Crippen LogP contribution in [0.15, 0.2) is 34.8 Å². The van der Waals surface area contributed by atoms with E-state index in [1.54, 1.807) is 13.1 Å². The van der Waals surface area contributed by atoms with E-state index in [0.29, 0.717) is 13.2 Å². The monoisotopic (exact) mass is 463 g/mol. The first-order valence-corrected chi connectivity index (χ1v) is 8.14. The lowest BCUT2D eigenvalue weighted by molar-refractivity contribution is 0.153. The minimum Gasteiger partial charge on any atom is -0.494 e. The molecule has 7 heteroatoms. The Labute approximate surface area is 166 Å². The fourth-order valence-corrected chi connectivity index (χ4v) is 2.67. The molecule has 0 saturated carbocycles. The maximum atomic E-state index is 13.8. The van der Waals surface area contributed by atoms with Crippen LogP contribution in [0.2, 0.25) is 0 Å². The van der Waals surface area contributed by atoms with Crippen molar-refractivity contribution >= 4 is 29.9 Å². The largest absolute Gasteiger partial charge is 0.494 e. The lowest BCUT2D eigenvalue weighted by Crippen LogP contribution is -2.39. The Balaban J connectivity index is 0.00000312. The molecule has 0 fully saturated rings. The SMILES string of the molecule is CN=C(NCCC1=CCOCC1)N(C)Cc1ccc(OC)c(F)c1.I. The number of ether oxygens (including phenoxy) is 2. The molecule has 0 aromatic heterocycles. The van der Waals surface area contributed by atoms with Crippen molar-refractivity contribution in [2.75, 3.05) is 41.0 Å². The molecule has 0 unspecified atom stereocenters. The van der Waals surface area contributed by atoms with Crippen molar-refractivity contribution in [2.45, 2.75) is 19.4 Å². The smallest absolute Gasteiger partial charge is 0.193 e. The predicted molar refractivity (Wildman–Crippen MR) is 109 cm³/mol. The van der Waals surface area contributed by atoms with E-state index >= 15 is 0 Å². The quantitative estimate of drug-likeness (QED) is 0.305. The van der Waals surface area contributed by atoms with Gasteiger partial charge in [-0.3, -0.25) is 4.99 Å². The molecule has 0 bridgehead atoms. The molecular formula is C18H27FIN3O2. The van der Waals surface area contributed by atoms with Gasteiger partial charge in [0.15, 0.2) is 17.5 Å². The van der Waals surface area contributed by atoms with Crippen molar-refractivity contribution in [3.05, 3.63) is 41.2 Å². The van der Waals surface area contributed by atoms with Gasteiger partial charge in [0.05, 0.1) is 20.3 Å². The van der Waals surface area contributed by atoms with Gasteiger partial charge in [-0.25, -0.2) is 4.39 Å². The molecule has 140 valence electrons. The third-order valence-electron chi connectivity index (χ3n) is 4.00. The van der Waals surface area contributed by atoms with E-state index in [1.165, 1.54) is 18.7 Å². The van der Waals surface area contributed by atoms with Crippen LogP contribution in [0.5, 0.6) is 5.75 Å². The van der Waals surface area contributed by atoms with E-state index in [9.17, 15) is 4.39 Å². The Hall–Kier alpha value is -1.35. The topological polar surface area (TPSA) is 46.1 Å². The second kappa shape index (κ2) is 11.3. The molecule has 0 atom stereocenters. The van der Waals surface area contributed by atoms with Crippen LogP contribution in [0.25, 0.3) is 0 Å². The number of nitrogens with zero attached hydrogens (tertiary/aromatic N) is 2. The number of halogens is 2. The Morgan fingerprint density at radius 3 is 2.84 bits per heavy atom. The molecule has 2 rings (SSSR count). The summed E-state index contributed by atoms with van der Waals surface area (Å²) < 4.78 is 24.0. The fourth-order valence-electron chi connectivity index (χ4n) is 2.67. The molecule has 5 nitrogen and oxygen atoms in total. The molecule has 1 N–H and O–H groups in total. The lowest BCUT2D eigenvalue weighted by atomic mass is 10.1. The fraction of sp³-hybridized carbons (Fsp3) is 0.500. The number of methoxy groups -OCH3 is 1. The minimum atomic E-state index is -0.349. The zero-order valence-corrected chi connectivity index (χ0v) is 17.4. The normalized spacial score (nSPS) is 14.4. The van der Waals surface area contributed by atoms with Crippen LogP contribution in [0, 0.1) is 5.82 Å². The lowest BCUT2D eigenvalue weighted by Gasteiger charge is -2.23. The first-order chi connectivity index (χ1) is 11.6.